The largest absolute Gasteiger partial charge is 0.393 e. The molecule has 3 heterocycles. The van der Waals surface area contributed by atoms with Gasteiger partial charge in [-0.25, -0.2) is 13.1 Å². The molecule has 8 heteroatoms. The Bertz CT molecular complexity index is 972. The number of rotatable bonds is 5. The number of nitrogens with one attached hydrogen (secondary N) is 1. The minimum absolute atomic E-state index is 0.0505. The molecule has 0 spiro atoms. The first-order chi connectivity index (χ1) is 14.3. The van der Waals surface area contributed by atoms with E-state index < -0.39 is 33.4 Å². The molecule has 0 radical (unpaired) electrons. The Morgan fingerprint density at radius 2 is 1.97 bits per heavy atom. The number of hydrogen-bond acceptors (Lipinski definition) is 6. The predicted octanol–water partition coefficient (Wildman–Crippen LogP) is 1.97. The van der Waals surface area contributed by atoms with Crippen LogP contribution >= 0.6 is 0 Å². The van der Waals surface area contributed by atoms with Crippen LogP contribution in [0.15, 0.2) is 59.8 Å². The molecule has 0 saturated carbocycles. The van der Waals surface area contributed by atoms with Crippen molar-refractivity contribution in [1.29, 1.82) is 0 Å². The first-order valence-electron chi connectivity index (χ1n) is 10.2. The van der Waals surface area contributed by atoms with Gasteiger partial charge in [-0.3, -0.25) is 4.98 Å². The van der Waals surface area contributed by atoms with Gasteiger partial charge in [0.25, 0.3) is 0 Å². The summed E-state index contributed by atoms with van der Waals surface area (Å²) < 4.78 is 34.7. The number of pyridine rings is 1. The maximum absolute atomic E-state index is 12.8. The second-order valence-corrected chi connectivity index (χ2v) is 10.4. The van der Waals surface area contributed by atoms with E-state index in [0.717, 1.165) is 5.56 Å². The Kier molecular flexibility index (Phi) is 5.71. The minimum atomic E-state index is -3.85. The first kappa shape index (κ1) is 21.4. The van der Waals surface area contributed by atoms with Crippen LogP contribution in [-0.2, 0) is 14.8 Å². The third-order valence-electron chi connectivity index (χ3n) is 6.45. The fourth-order valence-corrected chi connectivity index (χ4v) is 6.20. The summed E-state index contributed by atoms with van der Waals surface area (Å²) in [6.45, 7) is 1.63. The number of ether oxygens (including phenoxy) is 1. The highest BCUT2D eigenvalue weighted by molar-refractivity contribution is 7.89. The molecule has 5 atom stereocenters. The summed E-state index contributed by atoms with van der Waals surface area (Å²) in [4.78, 5) is 3.93. The summed E-state index contributed by atoms with van der Waals surface area (Å²) in [7, 11) is -3.85. The molecule has 2 aromatic rings. The molecule has 2 aliphatic heterocycles. The van der Waals surface area contributed by atoms with Crippen LogP contribution in [0.2, 0.25) is 0 Å². The molecule has 7 nitrogen and oxygen atoms in total. The quantitative estimate of drug-likeness (QED) is 0.667. The van der Waals surface area contributed by atoms with E-state index >= 15 is 0 Å². The molecule has 2 saturated heterocycles. The highest BCUT2D eigenvalue weighted by Crippen LogP contribution is 2.49. The molecular formula is C22H28N2O5S. The van der Waals surface area contributed by atoms with E-state index in [0.29, 0.717) is 25.7 Å². The molecule has 0 unspecified atom stereocenters. The SMILES string of the molecule is C[C@]12C[C@@H](c3ccccc3)C[C@](CO)(CC[C@@H](NS(=O)(=O)c3cccnc3)[C@@H]1O)O2. The van der Waals surface area contributed by atoms with E-state index in [2.05, 4.69) is 9.71 Å². The van der Waals surface area contributed by atoms with Crippen molar-refractivity contribution in [1.82, 2.24) is 9.71 Å². The number of aliphatic hydroxyl groups excluding tert-OH is 2. The number of hydrogen-bond donors (Lipinski definition) is 3. The van der Waals surface area contributed by atoms with Crippen LogP contribution in [0.4, 0.5) is 0 Å². The smallest absolute Gasteiger partial charge is 0.242 e. The van der Waals surface area contributed by atoms with E-state index in [9.17, 15) is 18.6 Å². The molecule has 4 rings (SSSR count). The Morgan fingerprint density at radius 1 is 1.20 bits per heavy atom. The summed E-state index contributed by atoms with van der Waals surface area (Å²) in [5, 5.41) is 21.5. The zero-order valence-electron chi connectivity index (χ0n) is 16.9. The Morgan fingerprint density at radius 3 is 2.63 bits per heavy atom. The van der Waals surface area contributed by atoms with Gasteiger partial charge in [0.15, 0.2) is 0 Å². The number of sulfonamides is 1. The van der Waals surface area contributed by atoms with Crippen LogP contribution < -0.4 is 4.72 Å². The maximum atomic E-state index is 12.8. The third-order valence-corrected chi connectivity index (χ3v) is 7.92. The third kappa shape index (κ3) is 4.02. The number of aliphatic hydroxyl groups is 2. The summed E-state index contributed by atoms with van der Waals surface area (Å²) >= 11 is 0. The van der Waals surface area contributed by atoms with Crippen LogP contribution in [0, 0.1) is 0 Å². The van der Waals surface area contributed by atoms with E-state index in [-0.39, 0.29) is 17.4 Å². The van der Waals surface area contributed by atoms with Crippen molar-refractivity contribution >= 4 is 10.0 Å². The molecule has 1 aromatic carbocycles. The second kappa shape index (κ2) is 8.01. The van der Waals surface area contributed by atoms with Gasteiger partial charge in [0.1, 0.15) is 4.90 Å². The van der Waals surface area contributed by atoms with Gasteiger partial charge in [-0.15, -0.1) is 0 Å². The monoisotopic (exact) mass is 432 g/mol. The molecule has 2 fully saturated rings. The lowest BCUT2D eigenvalue weighted by Crippen LogP contribution is -2.58. The fourth-order valence-electron chi connectivity index (χ4n) is 4.96. The molecule has 2 bridgehead atoms. The average molecular weight is 433 g/mol. The standard InChI is InChI=1S/C22H28N2O5S/c1-21-12-17(16-6-3-2-4-7-16)13-22(15-25,29-21)10-9-19(20(21)26)24-30(27,28)18-8-5-11-23-14-18/h2-8,11,14,17,19-20,24-26H,9-10,12-13,15H2,1H3/t17-,19-,20+,21+,22+/m1/s1. The van der Waals surface area contributed by atoms with Crippen molar-refractivity contribution in [3.63, 3.8) is 0 Å². The molecule has 30 heavy (non-hydrogen) atoms. The first-order valence-corrected chi connectivity index (χ1v) is 11.7. The molecule has 0 amide bonds. The van der Waals surface area contributed by atoms with Gasteiger partial charge in [-0.2, -0.15) is 0 Å². The fraction of sp³-hybridized carbons (Fsp3) is 0.500. The van der Waals surface area contributed by atoms with Gasteiger partial charge in [0.05, 0.1) is 30.0 Å². The van der Waals surface area contributed by atoms with Crippen molar-refractivity contribution in [2.45, 2.75) is 66.8 Å². The molecule has 2 aliphatic rings. The Labute approximate surface area is 177 Å². The molecule has 0 aliphatic carbocycles. The van der Waals surface area contributed by atoms with Crippen LogP contribution in [0.3, 0.4) is 0 Å². The number of fused-ring (bicyclic) bond motifs is 2. The Hall–Kier alpha value is -1.84. The molecule has 162 valence electrons. The van der Waals surface area contributed by atoms with E-state index in [1.54, 1.807) is 6.07 Å². The van der Waals surface area contributed by atoms with Gasteiger partial charge in [0, 0.05) is 12.4 Å². The summed E-state index contributed by atoms with van der Waals surface area (Å²) in [6.07, 6.45) is 3.68. The molecule has 1 aromatic heterocycles. The second-order valence-electron chi connectivity index (χ2n) is 8.67. The van der Waals surface area contributed by atoms with Crippen LogP contribution in [0.5, 0.6) is 0 Å². The lowest BCUT2D eigenvalue weighted by Gasteiger charge is -2.49. The van der Waals surface area contributed by atoms with Crippen molar-refractivity contribution in [3.8, 4) is 0 Å². The Balaban J connectivity index is 1.64. The van der Waals surface area contributed by atoms with Crippen molar-refractivity contribution in [3.05, 3.63) is 60.4 Å². The van der Waals surface area contributed by atoms with Crippen LogP contribution in [-0.4, -0.2) is 53.6 Å². The van der Waals surface area contributed by atoms with Gasteiger partial charge in [-0.05, 0) is 56.2 Å². The summed E-state index contributed by atoms with van der Waals surface area (Å²) in [6, 6.07) is 12.3. The van der Waals surface area contributed by atoms with Crippen molar-refractivity contribution in [2.75, 3.05) is 6.61 Å². The highest BCUT2D eigenvalue weighted by atomic mass is 32.2. The molecule has 3 N–H and O–H groups in total. The number of benzene rings is 1. The van der Waals surface area contributed by atoms with Gasteiger partial charge in [-0.1, -0.05) is 30.3 Å². The van der Waals surface area contributed by atoms with Gasteiger partial charge in [0.2, 0.25) is 10.0 Å². The minimum Gasteiger partial charge on any atom is -0.393 e. The van der Waals surface area contributed by atoms with Crippen LogP contribution in [0.25, 0.3) is 0 Å². The zero-order chi connectivity index (χ0) is 21.4. The van der Waals surface area contributed by atoms with Gasteiger partial charge < -0.3 is 14.9 Å². The van der Waals surface area contributed by atoms with E-state index in [4.69, 9.17) is 4.74 Å². The van der Waals surface area contributed by atoms with Crippen LogP contribution in [0.1, 0.15) is 44.1 Å². The zero-order valence-corrected chi connectivity index (χ0v) is 17.8. The van der Waals surface area contributed by atoms with Crippen molar-refractivity contribution in [2.24, 2.45) is 0 Å². The van der Waals surface area contributed by atoms with Crippen molar-refractivity contribution < 1.29 is 23.4 Å². The number of nitrogens with zero attached hydrogens (tertiary/aromatic N) is 1. The molecular weight excluding hydrogens is 404 g/mol. The normalized spacial score (nSPS) is 34.3. The summed E-state index contributed by atoms with van der Waals surface area (Å²) in [5.41, 5.74) is -0.685. The number of aromatic nitrogens is 1. The maximum Gasteiger partial charge on any atom is 0.242 e. The average Bonchev–Trinajstić information content (AvgIpc) is 2.83. The van der Waals surface area contributed by atoms with E-state index in [1.165, 1.54) is 18.5 Å². The van der Waals surface area contributed by atoms with E-state index in [1.807, 2.05) is 37.3 Å². The predicted molar refractivity (Wildman–Crippen MR) is 111 cm³/mol. The topological polar surface area (TPSA) is 109 Å². The highest BCUT2D eigenvalue weighted by Gasteiger charge is 2.55. The summed E-state index contributed by atoms with van der Waals surface area (Å²) in [5.74, 6) is 0.0976. The lowest BCUT2D eigenvalue weighted by atomic mass is 9.74. The van der Waals surface area contributed by atoms with Gasteiger partial charge >= 0.3 is 0 Å². The lowest BCUT2D eigenvalue weighted by molar-refractivity contribution is -0.230.